The van der Waals surface area contributed by atoms with Gasteiger partial charge in [0.2, 0.25) is 5.69 Å². The Labute approximate surface area is 189 Å². The number of hydrogen-bond donors (Lipinski definition) is 2. The van der Waals surface area contributed by atoms with Crippen LogP contribution in [-0.2, 0) is 10.1 Å². The second-order valence-electron chi connectivity index (χ2n) is 7.38. The Kier molecular flexibility index (Phi) is 5.91. The van der Waals surface area contributed by atoms with Crippen LogP contribution >= 0.6 is 0 Å². The van der Waals surface area contributed by atoms with E-state index in [0.29, 0.717) is 6.26 Å². The molecule has 0 atom stereocenters. The first-order chi connectivity index (χ1) is 15.7. The number of aromatic amines is 1. The minimum Gasteiger partial charge on any atom is -0.748 e. The van der Waals surface area contributed by atoms with E-state index >= 15 is 0 Å². The Morgan fingerprint density at radius 3 is 2.30 bits per heavy atom. The molecule has 1 aliphatic heterocycles. The average molecular weight is 461 g/mol. The lowest BCUT2D eigenvalue weighted by molar-refractivity contribution is -0.384. The van der Waals surface area contributed by atoms with E-state index < -0.39 is 10.1 Å². The monoisotopic (exact) mass is 461 g/mol. The van der Waals surface area contributed by atoms with Gasteiger partial charge in [-0.25, -0.2) is 13.4 Å². The summed E-state index contributed by atoms with van der Waals surface area (Å²) in [6.45, 7) is 0. The molecule has 1 aliphatic rings. The van der Waals surface area contributed by atoms with E-state index in [2.05, 4.69) is 22.1 Å². The Balaban J connectivity index is 0.000000471. The molecule has 5 rings (SSSR count). The minimum atomic E-state index is -3.92. The molecule has 1 aromatic heterocycles. The van der Waals surface area contributed by atoms with Gasteiger partial charge in [-0.1, -0.05) is 30.3 Å². The number of fused-ring (bicyclic) bond motifs is 2. The van der Waals surface area contributed by atoms with E-state index in [9.17, 15) is 10.1 Å². The fraction of sp³-hybridized carbons (Fsp3) is 0.0417. The molecule has 0 amide bonds. The molecule has 0 radical (unpaired) electrons. The van der Waals surface area contributed by atoms with Crippen molar-refractivity contribution in [1.82, 2.24) is 4.98 Å². The van der Waals surface area contributed by atoms with Gasteiger partial charge in [0.15, 0.2) is 6.21 Å². The Morgan fingerprint density at radius 2 is 1.61 bits per heavy atom. The normalized spacial score (nSPS) is 13.9. The quantitative estimate of drug-likeness (QED) is 0.275. The lowest BCUT2D eigenvalue weighted by atomic mass is 9.90. The SMILES string of the molecule is CS(=O)(=O)[O-].O=[N+]([O-])c1ccc(C(=C2C=[NH+]c3ccccc32)c2c[nH]c3ccccc23)cc1. The van der Waals surface area contributed by atoms with Gasteiger partial charge in [0.05, 0.1) is 26.2 Å². The molecule has 2 heterocycles. The van der Waals surface area contributed by atoms with Crippen LogP contribution < -0.4 is 4.99 Å². The largest absolute Gasteiger partial charge is 0.748 e. The summed E-state index contributed by atoms with van der Waals surface area (Å²) in [6.07, 6.45) is 4.61. The van der Waals surface area contributed by atoms with E-state index in [-0.39, 0.29) is 10.6 Å². The van der Waals surface area contributed by atoms with E-state index in [4.69, 9.17) is 13.0 Å². The van der Waals surface area contributed by atoms with Gasteiger partial charge < -0.3 is 9.54 Å². The summed E-state index contributed by atoms with van der Waals surface area (Å²) in [7, 11) is -3.92. The van der Waals surface area contributed by atoms with Crippen LogP contribution in [0.5, 0.6) is 0 Å². The molecule has 166 valence electrons. The van der Waals surface area contributed by atoms with Crippen LogP contribution in [0, 0.1) is 10.1 Å². The Hall–Kier alpha value is -4.08. The second-order valence-corrected chi connectivity index (χ2v) is 8.79. The van der Waals surface area contributed by atoms with Gasteiger partial charge in [-0.15, -0.1) is 0 Å². The first-order valence-corrected chi connectivity index (χ1v) is 11.7. The zero-order chi connectivity index (χ0) is 23.6. The first kappa shape index (κ1) is 22.1. The molecule has 0 unspecified atom stereocenters. The number of nitro benzene ring substituents is 1. The van der Waals surface area contributed by atoms with E-state index in [0.717, 1.165) is 44.4 Å². The number of allylic oxidation sites excluding steroid dienone is 1. The third kappa shape index (κ3) is 4.89. The van der Waals surface area contributed by atoms with Crippen LogP contribution in [0.3, 0.4) is 0 Å². The average Bonchev–Trinajstić information content (AvgIpc) is 3.39. The molecule has 0 saturated heterocycles. The predicted octanol–water partition coefficient (Wildman–Crippen LogP) is 2.99. The number of aromatic nitrogens is 1. The van der Waals surface area contributed by atoms with Crippen molar-refractivity contribution in [3.63, 3.8) is 0 Å². The van der Waals surface area contributed by atoms with Crippen LogP contribution in [0.25, 0.3) is 22.0 Å². The van der Waals surface area contributed by atoms with E-state index in [1.54, 1.807) is 12.1 Å². The predicted molar refractivity (Wildman–Crippen MR) is 126 cm³/mol. The number of non-ortho nitro benzene ring substituents is 1. The molecule has 0 fully saturated rings. The lowest BCUT2D eigenvalue weighted by Crippen LogP contribution is -2.58. The molecule has 2 N–H and O–H groups in total. The molecule has 0 spiro atoms. The van der Waals surface area contributed by atoms with Gasteiger partial charge in [-0.05, 0) is 29.8 Å². The molecule has 0 saturated carbocycles. The second kappa shape index (κ2) is 8.81. The lowest BCUT2D eigenvalue weighted by Gasteiger charge is -2.10. The standard InChI is InChI=1S/C23H15N3O2.CH4O3S/c27-26(28)16-11-9-15(10-12-16)23(19-13-24-21-7-3-1-5-17(19)21)20-14-25-22-8-4-2-6-18(20)22;1-5(2,3)4/h1-14,24H;1H3,(H,2,3,4). The third-order valence-electron chi connectivity index (χ3n) is 5.08. The topological polar surface area (TPSA) is 130 Å². The summed E-state index contributed by atoms with van der Waals surface area (Å²) >= 11 is 0. The highest BCUT2D eigenvalue weighted by Gasteiger charge is 2.25. The van der Waals surface area contributed by atoms with Crippen LogP contribution in [-0.4, -0.2) is 35.3 Å². The van der Waals surface area contributed by atoms with Crippen molar-refractivity contribution in [1.29, 1.82) is 0 Å². The van der Waals surface area contributed by atoms with Crippen LogP contribution in [0.2, 0.25) is 0 Å². The number of hydrogen-bond acceptors (Lipinski definition) is 5. The van der Waals surface area contributed by atoms with Crippen LogP contribution in [0.1, 0.15) is 16.7 Å². The molecule has 0 bridgehead atoms. The smallest absolute Gasteiger partial charge is 0.269 e. The van der Waals surface area contributed by atoms with Crippen LogP contribution in [0.15, 0.2) is 79.0 Å². The number of nitrogens with one attached hydrogen (secondary N) is 2. The fourth-order valence-electron chi connectivity index (χ4n) is 3.76. The van der Waals surface area contributed by atoms with Gasteiger partial charge in [0.1, 0.15) is 0 Å². The number of rotatable bonds is 3. The molecule has 4 aromatic rings. The maximum absolute atomic E-state index is 11.1. The van der Waals surface area contributed by atoms with Crippen molar-refractivity contribution in [3.05, 3.63) is 106 Å². The maximum atomic E-state index is 11.1. The van der Waals surface area contributed by atoms with Gasteiger partial charge in [0, 0.05) is 52.7 Å². The van der Waals surface area contributed by atoms with E-state index in [1.807, 2.05) is 60.9 Å². The zero-order valence-electron chi connectivity index (χ0n) is 17.5. The summed E-state index contributed by atoms with van der Waals surface area (Å²) in [5, 5.41) is 12.2. The van der Waals surface area contributed by atoms with Crippen molar-refractivity contribution < 1.29 is 22.9 Å². The number of para-hydroxylation sites is 2. The molecule has 8 nitrogen and oxygen atoms in total. The third-order valence-corrected chi connectivity index (χ3v) is 5.08. The van der Waals surface area contributed by atoms with Crippen molar-refractivity contribution in [2.75, 3.05) is 6.26 Å². The molecular weight excluding hydrogens is 442 g/mol. The fourth-order valence-corrected chi connectivity index (χ4v) is 3.76. The first-order valence-electron chi connectivity index (χ1n) is 9.88. The summed E-state index contributed by atoms with van der Waals surface area (Å²) in [4.78, 5) is 17.4. The van der Waals surface area contributed by atoms with Crippen molar-refractivity contribution >= 4 is 49.8 Å². The highest BCUT2D eigenvalue weighted by molar-refractivity contribution is 7.84. The summed E-state index contributed by atoms with van der Waals surface area (Å²) < 4.78 is 27.2. The maximum Gasteiger partial charge on any atom is 0.269 e. The molecule has 33 heavy (non-hydrogen) atoms. The van der Waals surface area contributed by atoms with Crippen molar-refractivity contribution in [2.45, 2.75) is 0 Å². The van der Waals surface area contributed by atoms with Gasteiger partial charge >= 0.3 is 0 Å². The van der Waals surface area contributed by atoms with Crippen LogP contribution in [0.4, 0.5) is 11.4 Å². The highest BCUT2D eigenvalue weighted by Crippen LogP contribution is 2.37. The summed E-state index contributed by atoms with van der Waals surface area (Å²) in [6, 6.07) is 23.0. The summed E-state index contributed by atoms with van der Waals surface area (Å²) in [5.74, 6) is 0. The Morgan fingerprint density at radius 1 is 0.970 bits per heavy atom. The molecule has 3 aromatic carbocycles. The summed E-state index contributed by atoms with van der Waals surface area (Å²) in [5.41, 5.74) is 7.39. The minimum absolute atomic E-state index is 0.0842. The van der Waals surface area contributed by atoms with E-state index in [1.165, 1.54) is 0 Å². The van der Waals surface area contributed by atoms with Gasteiger partial charge in [-0.2, -0.15) is 0 Å². The van der Waals surface area contributed by atoms with Crippen molar-refractivity contribution in [3.8, 4) is 0 Å². The number of H-pyrrole nitrogens is 1. The van der Waals surface area contributed by atoms with Crippen molar-refractivity contribution in [2.24, 2.45) is 0 Å². The van der Waals surface area contributed by atoms with Gasteiger partial charge in [-0.3, -0.25) is 10.1 Å². The Bertz CT molecular complexity index is 1510. The van der Waals surface area contributed by atoms with Gasteiger partial charge in [0.25, 0.3) is 5.69 Å². The highest BCUT2D eigenvalue weighted by atomic mass is 32.2. The molecular formula is C24H19N3O5S. The number of nitrogens with zero attached hydrogens (tertiary/aromatic N) is 1. The zero-order valence-corrected chi connectivity index (χ0v) is 18.3. The number of benzene rings is 3. The molecule has 0 aliphatic carbocycles. The molecule has 9 heteroatoms. The number of nitro groups is 1.